The first-order valence-corrected chi connectivity index (χ1v) is 10.6. The van der Waals surface area contributed by atoms with E-state index in [2.05, 4.69) is 38.2 Å². The number of aryl methyl sites for hydroxylation is 1. The van der Waals surface area contributed by atoms with Gasteiger partial charge in [-0.2, -0.15) is 5.10 Å². The molecule has 30 heavy (non-hydrogen) atoms. The van der Waals surface area contributed by atoms with Crippen LogP contribution in [-0.2, 0) is 23.1 Å². The maximum absolute atomic E-state index is 5.99. The number of hydrogen-bond donors (Lipinski definition) is 1. The van der Waals surface area contributed by atoms with Crippen molar-refractivity contribution in [3.05, 3.63) is 41.9 Å². The Bertz CT molecular complexity index is 847. The van der Waals surface area contributed by atoms with Crippen molar-refractivity contribution in [3.8, 4) is 0 Å². The number of pyridine rings is 1. The third-order valence-electron chi connectivity index (χ3n) is 5.37. The Morgan fingerprint density at radius 1 is 1.27 bits per heavy atom. The molecule has 1 N–H and O–H groups in total. The zero-order valence-electron chi connectivity index (χ0n) is 17.8. The molecule has 2 fully saturated rings. The number of ether oxygens (including phenoxy) is 2. The molecular formula is C21H31N7O2. The lowest BCUT2D eigenvalue weighted by molar-refractivity contribution is -0.00805. The Kier molecular flexibility index (Phi) is 6.81. The van der Waals surface area contributed by atoms with Gasteiger partial charge in [-0.1, -0.05) is 6.07 Å². The van der Waals surface area contributed by atoms with E-state index in [1.807, 2.05) is 36.4 Å². The molecule has 1 unspecified atom stereocenters. The summed E-state index contributed by atoms with van der Waals surface area (Å²) in [6.07, 6.45) is 5.74. The van der Waals surface area contributed by atoms with Crippen molar-refractivity contribution < 1.29 is 9.47 Å². The largest absolute Gasteiger partial charge is 0.378 e. The quantitative estimate of drug-likeness (QED) is 0.583. The van der Waals surface area contributed by atoms with Gasteiger partial charge in [-0.25, -0.2) is 9.98 Å². The molecule has 0 aliphatic carbocycles. The molecule has 2 saturated heterocycles. The molecule has 0 amide bonds. The lowest BCUT2D eigenvalue weighted by Gasteiger charge is -2.35. The summed E-state index contributed by atoms with van der Waals surface area (Å²) < 4.78 is 13.3. The maximum atomic E-state index is 5.99. The number of nitrogens with zero attached hydrogens (tertiary/aromatic N) is 6. The number of hydrogen-bond acceptors (Lipinski definition) is 6. The molecule has 0 radical (unpaired) electrons. The molecule has 1 atom stereocenters. The maximum Gasteiger partial charge on any atom is 0.194 e. The molecule has 9 nitrogen and oxygen atoms in total. The number of rotatable bonds is 5. The van der Waals surface area contributed by atoms with Gasteiger partial charge in [0.15, 0.2) is 5.96 Å². The van der Waals surface area contributed by atoms with E-state index >= 15 is 0 Å². The first kappa shape index (κ1) is 20.6. The standard InChI is InChI=1S/C21H31N7O2/c1-3-22-21(28-9-12-30-19(16-28)18-14-25-26(2)15-18)24-13-17-5-4-6-23-20(17)27-7-10-29-11-8-27/h4-6,14-15,19H,3,7-13,16H2,1-2H3,(H,22,24). The van der Waals surface area contributed by atoms with Gasteiger partial charge in [-0.05, 0) is 13.0 Å². The molecule has 4 rings (SSSR count). The Balaban J connectivity index is 1.49. The van der Waals surface area contributed by atoms with Crippen LogP contribution in [0.15, 0.2) is 35.7 Å². The van der Waals surface area contributed by atoms with Crippen LogP contribution in [0.4, 0.5) is 5.82 Å². The Labute approximate surface area is 177 Å². The average molecular weight is 414 g/mol. The van der Waals surface area contributed by atoms with E-state index in [4.69, 9.17) is 14.5 Å². The van der Waals surface area contributed by atoms with Crippen molar-refractivity contribution in [2.45, 2.75) is 19.6 Å². The summed E-state index contributed by atoms with van der Waals surface area (Å²) in [7, 11) is 1.93. The molecule has 2 aromatic heterocycles. The van der Waals surface area contributed by atoms with E-state index in [9.17, 15) is 0 Å². The lowest BCUT2D eigenvalue weighted by atomic mass is 10.1. The summed E-state index contributed by atoms with van der Waals surface area (Å²) >= 11 is 0. The van der Waals surface area contributed by atoms with Crippen LogP contribution < -0.4 is 10.2 Å². The number of aromatic nitrogens is 3. The van der Waals surface area contributed by atoms with Gasteiger partial charge in [-0.3, -0.25) is 4.68 Å². The van der Waals surface area contributed by atoms with Gasteiger partial charge >= 0.3 is 0 Å². The SMILES string of the molecule is CCNC(=NCc1cccnc1N1CCOCC1)N1CCOC(c2cnn(C)c2)C1. The first-order chi connectivity index (χ1) is 14.7. The lowest BCUT2D eigenvalue weighted by Crippen LogP contribution is -2.48. The highest BCUT2D eigenvalue weighted by Gasteiger charge is 2.25. The van der Waals surface area contributed by atoms with Crippen LogP contribution in [0.2, 0.25) is 0 Å². The van der Waals surface area contributed by atoms with Gasteiger partial charge in [0.2, 0.25) is 0 Å². The normalized spacial score (nSPS) is 20.5. The summed E-state index contributed by atoms with van der Waals surface area (Å²) in [4.78, 5) is 14.1. The second-order valence-corrected chi connectivity index (χ2v) is 7.51. The van der Waals surface area contributed by atoms with Gasteiger partial charge < -0.3 is 24.6 Å². The third kappa shape index (κ3) is 4.91. The number of nitrogens with one attached hydrogen (secondary N) is 1. The number of anilines is 1. The zero-order chi connectivity index (χ0) is 20.8. The van der Waals surface area contributed by atoms with E-state index in [0.29, 0.717) is 13.2 Å². The molecule has 9 heteroatoms. The summed E-state index contributed by atoms with van der Waals surface area (Å²) in [6.45, 7) is 8.93. The molecule has 162 valence electrons. The van der Waals surface area contributed by atoms with Crippen LogP contribution in [0.3, 0.4) is 0 Å². The fourth-order valence-electron chi connectivity index (χ4n) is 3.85. The molecule has 0 aromatic carbocycles. The predicted octanol–water partition coefficient (Wildman–Crippen LogP) is 1.19. The van der Waals surface area contributed by atoms with Gasteiger partial charge in [0.25, 0.3) is 0 Å². The second-order valence-electron chi connectivity index (χ2n) is 7.51. The van der Waals surface area contributed by atoms with E-state index in [0.717, 1.165) is 68.8 Å². The Hall–Kier alpha value is -2.65. The first-order valence-electron chi connectivity index (χ1n) is 10.6. The van der Waals surface area contributed by atoms with Crippen LogP contribution in [0.25, 0.3) is 0 Å². The minimum absolute atomic E-state index is 0.00129. The van der Waals surface area contributed by atoms with Crippen LogP contribution in [-0.4, -0.2) is 78.2 Å². The minimum atomic E-state index is -0.00129. The fourth-order valence-corrected chi connectivity index (χ4v) is 3.85. The second kappa shape index (κ2) is 9.90. The molecule has 0 spiro atoms. The smallest absolute Gasteiger partial charge is 0.194 e. The van der Waals surface area contributed by atoms with Crippen molar-refractivity contribution in [1.82, 2.24) is 25.0 Å². The van der Waals surface area contributed by atoms with Crippen LogP contribution in [0, 0.1) is 0 Å². The van der Waals surface area contributed by atoms with Crippen LogP contribution in [0.1, 0.15) is 24.2 Å². The monoisotopic (exact) mass is 413 g/mol. The molecule has 0 saturated carbocycles. The van der Waals surface area contributed by atoms with Crippen molar-refractivity contribution >= 4 is 11.8 Å². The highest BCUT2D eigenvalue weighted by Crippen LogP contribution is 2.23. The highest BCUT2D eigenvalue weighted by atomic mass is 16.5. The van der Waals surface area contributed by atoms with Crippen molar-refractivity contribution in [2.75, 3.05) is 57.4 Å². The average Bonchev–Trinajstić information content (AvgIpc) is 3.24. The van der Waals surface area contributed by atoms with Gasteiger partial charge in [0.1, 0.15) is 11.9 Å². The summed E-state index contributed by atoms with van der Waals surface area (Å²) in [5.41, 5.74) is 2.23. The zero-order valence-corrected chi connectivity index (χ0v) is 17.8. The van der Waals surface area contributed by atoms with Crippen LogP contribution in [0.5, 0.6) is 0 Å². The van der Waals surface area contributed by atoms with Gasteiger partial charge in [0, 0.05) is 56.7 Å². The summed E-state index contributed by atoms with van der Waals surface area (Å²) in [5.74, 6) is 1.92. The molecule has 2 aliphatic heterocycles. The van der Waals surface area contributed by atoms with Crippen molar-refractivity contribution in [2.24, 2.45) is 12.0 Å². The fraction of sp³-hybridized carbons (Fsp3) is 0.571. The van der Waals surface area contributed by atoms with Gasteiger partial charge in [-0.15, -0.1) is 0 Å². The van der Waals surface area contributed by atoms with E-state index in [1.165, 1.54) is 0 Å². The Morgan fingerprint density at radius 3 is 2.90 bits per heavy atom. The van der Waals surface area contributed by atoms with E-state index in [-0.39, 0.29) is 6.10 Å². The van der Waals surface area contributed by atoms with E-state index in [1.54, 1.807) is 0 Å². The topological polar surface area (TPSA) is 80.0 Å². The van der Waals surface area contributed by atoms with Crippen molar-refractivity contribution in [3.63, 3.8) is 0 Å². The summed E-state index contributed by atoms with van der Waals surface area (Å²) in [6, 6.07) is 4.09. The minimum Gasteiger partial charge on any atom is -0.378 e. The molecule has 2 aromatic rings. The van der Waals surface area contributed by atoms with Crippen molar-refractivity contribution in [1.29, 1.82) is 0 Å². The van der Waals surface area contributed by atoms with Gasteiger partial charge in [0.05, 0.1) is 39.1 Å². The van der Waals surface area contributed by atoms with E-state index < -0.39 is 0 Å². The molecular weight excluding hydrogens is 382 g/mol. The molecule has 2 aliphatic rings. The molecule has 0 bridgehead atoms. The third-order valence-corrected chi connectivity index (χ3v) is 5.37. The predicted molar refractivity (Wildman–Crippen MR) is 116 cm³/mol. The molecule has 4 heterocycles. The number of guanidine groups is 1. The number of aliphatic imine (C=N–C) groups is 1. The highest BCUT2D eigenvalue weighted by molar-refractivity contribution is 5.80. The Morgan fingerprint density at radius 2 is 2.13 bits per heavy atom. The number of morpholine rings is 2. The summed E-state index contributed by atoms with van der Waals surface area (Å²) in [5, 5.41) is 7.72. The van der Waals surface area contributed by atoms with Crippen LogP contribution >= 0.6 is 0 Å².